The number of hydrogen-bond donors (Lipinski definition) is 2. The molecule has 142 valence electrons. The molecule has 1 unspecified atom stereocenters. The molecule has 1 aromatic heterocycles. The number of hydrogen-bond acceptors (Lipinski definition) is 7. The minimum absolute atomic E-state index is 0.0436. The molecule has 0 aromatic carbocycles. The van der Waals surface area contributed by atoms with E-state index in [0.29, 0.717) is 23.1 Å². The molecule has 8 nitrogen and oxygen atoms in total. The summed E-state index contributed by atoms with van der Waals surface area (Å²) in [5, 5.41) is 6.84. The number of ether oxygens (including phenoxy) is 1. The Balaban J connectivity index is 2.69. The van der Waals surface area contributed by atoms with Gasteiger partial charge in [-0.25, -0.2) is 18.2 Å². The number of carbonyl (C=O) groups excluding carboxylic acids is 1. The van der Waals surface area contributed by atoms with Crippen molar-refractivity contribution >= 4 is 33.1 Å². The van der Waals surface area contributed by atoms with Gasteiger partial charge in [-0.2, -0.15) is 0 Å². The van der Waals surface area contributed by atoms with Gasteiger partial charge in [0.05, 0.1) is 24.1 Å². The van der Waals surface area contributed by atoms with Gasteiger partial charge < -0.3 is 15.4 Å². The highest BCUT2D eigenvalue weighted by Crippen LogP contribution is 2.24. The van der Waals surface area contributed by atoms with Crippen molar-refractivity contribution in [1.29, 1.82) is 0 Å². The number of thiazole rings is 1. The molecule has 0 saturated heterocycles. The summed E-state index contributed by atoms with van der Waals surface area (Å²) < 4.78 is 28.1. The van der Waals surface area contributed by atoms with Gasteiger partial charge in [-0.1, -0.05) is 6.92 Å². The van der Waals surface area contributed by atoms with E-state index in [1.54, 1.807) is 27.8 Å². The molecule has 0 bridgehead atoms. The zero-order chi connectivity index (χ0) is 19.0. The van der Waals surface area contributed by atoms with Crippen molar-refractivity contribution in [2.24, 2.45) is 4.99 Å². The first-order valence-corrected chi connectivity index (χ1v) is 10.7. The summed E-state index contributed by atoms with van der Waals surface area (Å²) in [6.07, 6.45) is 0. The molecule has 0 spiro atoms. The monoisotopic (exact) mass is 390 g/mol. The molecular weight excluding hydrogens is 364 g/mol. The van der Waals surface area contributed by atoms with E-state index in [1.165, 1.54) is 11.3 Å². The van der Waals surface area contributed by atoms with Crippen molar-refractivity contribution in [3.63, 3.8) is 0 Å². The van der Waals surface area contributed by atoms with Crippen LogP contribution in [0.15, 0.2) is 4.99 Å². The summed E-state index contributed by atoms with van der Waals surface area (Å²) in [6.45, 7) is 7.62. The molecule has 1 heterocycles. The molecule has 0 aliphatic carbocycles. The summed E-state index contributed by atoms with van der Waals surface area (Å²) in [5.41, 5.74) is 0.629. The fourth-order valence-corrected chi connectivity index (χ4v) is 3.58. The standard InChI is InChI=1S/C15H26N4O4S2/c1-6-23-14(20)12-10(3)18-13(24-12)11(4)19-15(16-5)17-8-9-25(21,22)7-2/h11H,6-9H2,1-5H3,(H2,16,17,19). The van der Waals surface area contributed by atoms with Gasteiger partial charge in [-0.3, -0.25) is 4.99 Å². The second-order valence-electron chi connectivity index (χ2n) is 5.29. The number of rotatable bonds is 8. The molecular formula is C15H26N4O4S2. The van der Waals surface area contributed by atoms with Crippen molar-refractivity contribution in [3.8, 4) is 0 Å². The van der Waals surface area contributed by atoms with Gasteiger partial charge >= 0.3 is 5.97 Å². The van der Waals surface area contributed by atoms with Gasteiger partial charge in [0.25, 0.3) is 0 Å². The first-order valence-electron chi connectivity index (χ1n) is 8.06. The number of guanidine groups is 1. The molecule has 0 fully saturated rings. The second kappa shape index (κ2) is 9.71. The maximum absolute atomic E-state index is 11.9. The minimum Gasteiger partial charge on any atom is -0.462 e. The van der Waals surface area contributed by atoms with Crippen molar-refractivity contribution in [3.05, 3.63) is 15.6 Å². The molecule has 1 atom stereocenters. The van der Waals surface area contributed by atoms with E-state index < -0.39 is 9.84 Å². The SMILES string of the molecule is CCOC(=O)c1sc(C(C)NC(=NC)NCCS(=O)(=O)CC)nc1C. The maximum atomic E-state index is 11.9. The normalized spacial score (nSPS) is 13.4. The summed E-state index contributed by atoms with van der Waals surface area (Å²) in [5.74, 6) is 0.265. The number of nitrogens with zero attached hydrogens (tertiary/aromatic N) is 2. The number of aryl methyl sites for hydroxylation is 1. The topological polar surface area (TPSA) is 110 Å². The lowest BCUT2D eigenvalue weighted by Gasteiger charge is -2.16. The van der Waals surface area contributed by atoms with Gasteiger partial charge in [0.2, 0.25) is 0 Å². The fourth-order valence-electron chi connectivity index (χ4n) is 1.92. The van der Waals surface area contributed by atoms with Crippen molar-refractivity contribution in [2.75, 3.05) is 31.7 Å². The maximum Gasteiger partial charge on any atom is 0.350 e. The quantitative estimate of drug-likeness (QED) is 0.391. The third-order valence-corrected chi connectivity index (χ3v) is 6.39. The molecule has 0 saturated carbocycles. The smallest absolute Gasteiger partial charge is 0.350 e. The predicted molar refractivity (Wildman–Crippen MR) is 100 cm³/mol. The summed E-state index contributed by atoms with van der Waals surface area (Å²) >= 11 is 1.27. The van der Waals surface area contributed by atoms with Crippen LogP contribution in [0, 0.1) is 6.92 Å². The average molecular weight is 391 g/mol. The molecule has 0 amide bonds. The number of aromatic nitrogens is 1. The summed E-state index contributed by atoms with van der Waals surface area (Å²) in [6, 6.07) is -0.194. The van der Waals surface area contributed by atoms with E-state index in [2.05, 4.69) is 20.6 Å². The lowest BCUT2D eigenvalue weighted by molar-refractivity contribution is 0.0531. The first kappa shape index (κ1) is 21.4. The Kier molecular flexibility index (Phi) is 8.30. The van der Waals surface area contributed by atoms with Gasteiger partial charge in [-0.15, -0.1) is 11.3 Å². The van der Waals surface area contributed by atoms with Gasteiger partial charge in [0, 0.05) is 19.3 Å². The first-order chi connectivity index (χ1) is 11.7. The lowest BCUT2D eigenvalue weighted by Crippen LogP contribution is -2.40. The van der Waals surface area contributed by atoms with Crippen LogP contribution >= 0.6 is 11.3 Å². The highest BCUT2D eigenvalue weighted by Gasteiger charge is 2.20. The number of esters is 1. The van der Waals surface area contributed by atoms with E-state index >= 15 is 0 Å². The number of carbonyl (C=O) groups is 1. The Morgan fingerprint density at radius 1 is 1.40 bits per heavy atom. The molecule has 1 rings (SSSR count). The Morgan fingerprint density at radius 3 is 2.64 bits per heavy atom. The second-order valence-corrected chi connectivity index (χ2v) is 8.79. The van der Waals surface area contributed by atoms with E-state index in [-0.39, 0.29) is 30.1 Å². The molecule has 1 aromatic rings. The van der Waals surface area contributed by atoms with Gasteiger partial charge in [-0.05, 0) is 20.8 Å². The summed E-state index contributed by atoms with van der Waals surface area (Å²) in [7, 11) is -1.42. The Morgan fingerprint density at radius 2 is 2.08 bits per heavy atom. The average Bonchev–Trinajstić information content (AvgIpc) is 2.96. The highest BCUT2D eigenvalue weighted by atomic mass is 32.2. The molecule has 25 heavy (non-hydrogen) atoms. The zero-order valence-corrected chi connectivity index (χ0v) is 16.9. The number of nitrogens with one attached hydrogen (secondary N) is 2. The number of aliphatic imine (C=N–C) groups is 1. The van der Waals surface area contributed by atoms with Crippen LogP contribution in [0.5, 0.6) is 0 Å². The van der Waals surface area contributed by atoms with Crippen LogP contribution in [0.3, 0.4) is 0 Å². The third-order valence-electron chi connectivity index (χ3n) is 3.37. The molecule has 2 N–H and O–H groups in total. The van der Waals surface area contributed by atoms with Gasteiger partial charge in [0.15, 0.2) is 15.8 Å². The third kappa shape index (κ3) is 6.62. The van der Waals surface area contributed by atoms with Crippen LogP contribution in [-0.2, 0) is 14.6 Å². The lowest BCUT2D eigenvalue weighted by atomic mass is 10.3. The molecule has 0 aliphatic rings. The molecule has 0 aliphatic heterocycles. The minimum atomic E-state index is -3.03. The van der Waals surface area contributed by atoms with Crippen molar-refractivity contribution in [1.82, 2.24) is 15.6 Å². The predicted octanol–water partition coefficient (Wildman–Crippen LogP) is 1.29. The van der Waals surface area contributed by atoms with Crippen molar-refractivity contribution < 1.29 is 17.9 Å². The van der Waals surface area contributed by atoms with Crippen LogP contribution in [-0.4, -0.2) is 57.0 Å². The molecule has 10 heteroatoms. The number of sulfone groups is 1. The zero-order valence-electron chi connectivity index (χ0n) is 15.2. The van der Waals surface area contributed by atoms with Gasteiger partial charge in [0.1, 0.15) is 9.88 Å². The van der Waals surface area contributed by atoms with Crippen LogP contribution < -0.4 is 10.6 Å². The molecule has 0 radical (unpaired) electrons. The fraction of sp³-hybridized carbons (Fsp3) is 0.667. The van der Waals surface area contributed by atoms with Crippen molar-refractivity contribution in [2.45, 2.75) is 33.7 Å². The van der Waals surface area contributed by atoms with Crippen LogP contribution in [0.4, 0.5) is 0 Å². The van der Waals surface area contributed by atoms with E-state index in [4.69, 9.17) is 4.74 Å². The highest BCUT2D eigenvalue weighted by molar-refractivity contribution is 7.91. The van der Waals surface area contributed by atoms with E-state index in [0.717, 1.165) is 5.01 Å². The Hall–Kier alpha value is -1.68. The Bertz CT molecular complexity index is 713. The largest absolute Gasteiger partial charge is 0.462 e. The van der Waals surface area contributed by atoms with Crippen LogP contribution in [0.2, 0.25) is 0 Å². The Labute approximate surface area is 153 Å². The van der Waals surface area contributed by atoms with E-state index in [9.17, 15) is 13.2 Å². The van der Waals surface area contributed by atoms with Crippen LogP contribution in [0.25, 0.3) is 0 Å². The van der Waals surface area contributed by atoms with E-state index in [1.807, 2.05) is 6.92 Å². The summed E-state index contributed by atoms with van der Waals surface area (Å²) in [4.78, 5) is 20.9. The van der Waals surface area contributed by atoms with Crippen LogP contribution in [0.1, 0.15) is 47.2 Å².